The van der Waals surface area contributed by atoms with Crippen LogP contribution < -0.4 is 5.32 Å². The molecule has 1 aliphatic rings. The lowest BCUT2D eigenvalue weighted by Gasteiger charge is -2.29. The third-order valence-electron chi connectivity index (χ3n) is 3.54. The number of aliphatic carboxylic acids is 1. The number of carboxylic acids is 1. The van der Waals surface area contributed by atoms with Crippen molar-refractivity contribution in [1.82, 2.24) is 5.32 Å². The molecule has 2 rings (SSSR count). The minimum Gasteiger partial charge on any atom is -0.506 e. The van der Waals surface area contributed by atoms with Gasteiger partial charge in [-0.1, -0.05) is 15.9 Å². The number of carboxylic acid groups (broad SMARTS) is 1. The number of benzene rings is 1. The number of aliphatic hydroxyl groups excluding tert-OH is 1. The van der Waals surface area contributed by atoms with E-state index in [1.807, 2.05) is 11.4 Å². The lowest BCUT2D eigenvalue weighted by atomic mass is 9.70. The summed E-state index contributed by atoms with van der Waals surface area (Å²) in [6.45, 7) is 0.636. The second-order valence-corrected chi connectivity index (χ2v) is 5.97. The highest BCUT2D eigenvalue weighted by Crippen LogP contribution is 2.40. The summed E-state index contributed by atoms with van der Waals surface area (Å²) < 4.78 is 0.608. The van der Waals surface area contributed by atoms with Gasteiger partial charge in [0, 0.05) is 10.0 Å². The number of aliphatic hydroxyl groups is 1. The highest BCUT2D eigenvalue weighted by atomic mass is 79.9. The largest absolute Gasteiger partial charge is 0.506 e. The molecule has 1 aromatic carbocycles. The second-order valence-electron chi connectivity index (χ2n) is 5.06. The van der Waals surface area contributed by atoms with E-state index in [0.717, 1.165) is 0 Å². The summed E-state index contributed by atoms with van der Waals surface area (Å²) in [5.74, 6) is -3.79. The number of fused-ring (bicyclic) bond motifs is 1. The fourth-order valence-corrected chi connectivity index (χ4v) is 2.68. The third-order valence-corrected chi connectivity index (χ3v) is 4.04. The molecule has 23 heavy (non-hydrogen) atoms. The molecule has 0 bridgehead atoms. The maximum atomic E-state index is 12.6. The first-order valence-electron chi connectivity index (χ1n) is 6.42. The average molecular weight is 379 g/mol. The van der Waals surface area contributed by atoms with E-state index in [0.29, 0.717) is 4.47 Å². The van der Waals surface area contributed by atoms with Gasteiger partial charge in [0.1, 0.15) is 23.3 Å². The van der Waals surface area contributed by atoms with Gasteiger partial charge < -0.3 is 15.5 Å². The van der Waals surface area contributed by atoms with Crippen molar-refractivity contribution in [1.29, 1.82) is 5.26 Å². The number of rotatable bonds is 3. The molecular weight excluding hydrogens is 368 g/mol. The lowest BCUT2D eigenvalue weighted by Crippen LogP contribution is -2.43. The number of nitrogens with one attached hydrogen (secondary N) is 1. The molecule has 0 fully saturated rings. The Morgan fingerprint density at radius 1 is 1.43 bits per heavy atom. The van der Waals surface area contributed by atoms with E-state index in [-0.39, 0.29) is 11.1 Å². The van der Waals surface area contributed by atoms with Crippen molar-refractivity contribution in [2.75, 3.05) is 6.54 Å². The number of hydrogen-bond donors (Lipinski definition) is 3. The molecule has 1 atom stereocenters. The van der Waals surface area contributed by atoms with Gasteiger partial charge in [0.15, 0.2) is 5.78 Å². The molecule has 0 aliphatic heterocycles. The van der Waals surface area contributed by atoms with Crippen LogP contribution >= 0.6 is 15.9 Å². The molecule has 1 aromatic rings. The number of carbonyl (C=O) groups is 3. The molecule has 118 valence electrons. The van der Waals surface area contributed by atoms with Crippen molar-refractivity contribution in [2.45, 2.75) is 12.3 Å². The number of carbonyl (C=O) groups excluding carboxylic acids is 2. The van der Waals surface area contributed by atoms with Crippen molar-refractivity contribution >= 4 is 39.3 Å². The van der Waals surface area contributed by atoms with Crippen LogP contribution in [0.3, 0.4) is 0 Å². The molecule has 0 unspecified atom stereocenters. The highest BCUT2D eigenvalue weighted by molar-refractivity contribution is 9.10. The van der Waals surface area contributed by atoms with Crippen molar-refractivity contribution in [2.24, 2.45) is 0 Å². The molecule has 3 N–H and O–H groups in total. The summed E-state index contributed by atoms with van der Waals surface area (Å²) in [6.07, 6.45) is 0. The first-order chi connectivity index (χ1) is 10.7. The van der Waals surface area contributed by atoms with E-state index in [2.05, 4.69) is 15.9 Å². The fraction of sp³-hybridized carbons (Fsp3) is 0.200. The number of Topliss-reactive ketones (excluding diaryl/α,β-unsaturated/α-hetero) is 1. The van der Waals surface area contributed by atoms with Gasteiger partial charge in [-0.3, -0.25) is 14.4 Å². The second kappa shape index (κ2) is 5.85. The fourth-order valence-electron chi connectivity index (χ4n) is 2.32. The maximum Gasteiger partial charge on any atom is 0.322 e. The number of nitriles is 1. The quantitative estimate of drug-likeness (QED) is 0.679. The maximum absolute atomic E-state index is 12.6. The molecule has 1 aliphatic carbocycles. The van der Waals surface area contributed by atoms with Crippen LogP contribution in [0.2, 0.25) is 0 Å². The highest BCUT2D eigenvalue weighted by Gasteiger charge is 2.47. The van der Waals surface area contributed by atoms with Gasteiger partial charge in [0.2, 0.25) is 0 Å². The molecule has 0 saturated heterocycles. The molecule has 7 nitrogen and oxygen atoms in total. The van der Waals surface area contributed by atoms with Gasteiger partial charge in [0.05, 0.1) is 6.07 Å². The molecule has 0 spiro atoms. The van der Waals surface area contributed by atoms with Crippen molar-refractivity contribution in [3.63, 3.8) is 0 Å². The van der Waals surface area contributed by atoms with Crippen molar-refractivity contribution < 1.29 is 24.6 Å². The molecule has 0 radical (unpaired) electrons. The number of amides is 1. The Bertz CT molecular complexity index is 809. The summed E-state index contributed by atoms with van der Waals surface area (Å²) in [5.41, 5.74) is -1.84. The Hall–Kier alpha value is -2.66. The van der Waals surface area contributed by atoms with E-state index in [1.54, 1.807) is 6.07 Å². The Morgan fingerprint density at radius 3 is 2.65 bits per heavy atom. The summed E-state index contributed by atoms with van der Waals surface area (Å²) in [4.78, 5) is 35.2. The zero-order chi connectivity index (χ0) is 17.4. The number of halogens is 1. The SMILES string of the molecule is C[C@]1(C#N)C(=O)C(C(=O)NCC(=O)O)=C(O)c2ccc(Br)cc21. The van der Waals surface area contributed by atoms with E-state index in [1.165, 1.54) is 19.1 Å². The van der Waals surface area contributed by atoms with E-state index >= 15 is 0 Å². The normalized spacial score (nSPS) is 19.8. The van der Waals surface area contributed by atoms with E-state index < -0.39 is 41.0 Å². The minimum atomic E-state index is -1.67. The van der Waals surface area contributed by atoms with Crippen LogP contribution in [0.25, 0.3) is 5.76 Å². The standard InChI is InChI=1S/C15H11BrN2O5/c1-15(6-17)9-4-7(16)2-3-8(9)12(21)11(13(15)22)14(23)18-5-10(19)20/h2-4,21H,5H2,1H3,(H,18,23)(H,19,20)/t15-/m1/s1. The van der Waals surface area contributed by atoms with Crippen LogP contribution in [-0.2, 0) is 19.8 Å². The Morgan fingerprint density at radius 2 is 2.09 bits per heavy atom. The first kappa shape index (κ1) is 16.7. The number of hydrogen-bond acceptors (Lipinski definition) is 5. The summed E-state index contributed by atoms with van der Waals surface area (Å²) >= 11 is 3.23. The summed E-state index contributed by atoms with van der Waals surface area (Å²) in [6, 6.07) is 6.46. The predicted octanol–water partition coefficient (Wildman–Crippen LogP) is 1.28. The molecule has 0 saturated carbocycles. The van der Waals surface area contributed by atoms with Gasteiger partial charge in [-0.05, 0) is 30.7 Å². The van der Waals surface area contributed by atoms with Gasteiger partial charge in [0.25, 0.3) is 5.91 Å². The Kier molecular flexibility index (Phi) is 4.25. The predicted molar refractivity (Wildman–Crippen MR) is 82.3 cm³/mol. The van der Waals surface area contributed by atoms with Crippen molar-refractivity contribution in [3.05, 3.63) is 39.4 Å². The van der Waals surface area contributed by atoms with Crippen molar-refractivity contribution in [3.8, 4) is 6.07 Å². The van der Waals surface area contributed by atoms with Crippen LogP contribution in [0, 0.1) is 11.3 Å². The Labute approximate surface area is 139 Å². The van der Waals surface area contributed by atoms with E-state index in [9.17, 15) is 24.8 Å². The van der Waals surface area contributed by atoms with Crippen LogP contribution in [0.15, 0.2) is 28.2 Å². The zero-order valence-electron chi connectivity index (χ0n) is 11.9. The smallest absolute Gasteiger partial charge is 0.322 e. The van der Waals surface area contributed by atoms with Gasteiger partial charge in [-0.25, -0.2) is 0 Å². The third kappa shape index (κ3) is 2.71. The number of nitrogens with zero attached hydrogens (tertiary/aromatic N) is 1. The monoisotopic (exact) mass is 378 g/mol. The van der Waals surface area contributed by atoms with Crippen LogP contribution in [0.5, 0.6) is 0 Å². The number of ketones is 1. The molecular formula is C15H11BrN2O5. The van der Waals surface area contributed by atoms with Gasteiger partial charge >= 0.3 is 5.97 Å². The first-order valence-corrected chi connectivity index (χ1v) is 7.21. The van der Waals surface area contributed by atoms with Gasteiger partial charge in [-0.15, -0.1) is 0 Å². The lowest BCUT2D eigenvalue weighted by molar-refractivity contribution is -0.137. The van der Waals surface area contributed by atoms with Crippen LogP contribution in [0.4, 0.5) is 0 Å². The molecule has 1 amide bonds. The minimum absolute atomic E-state index is 0.178. The molecule has 0 aromatic heterocycles. The summed E-state index contributed by atoms with van der Waals surface area (Å²) in [5, 5.41) is 30.3. The Balaban J connectivity index is 2.63. The summed E-state index contributed by atoms with van der Waals surface area (Å²) in [7, 11) is 0. The van der Waals surface area contributed by atoms with Crippen LogP contribution in [0.1, 0.15) is 18.1 Å². The van der Waals surface area contributed by atoms with Crippen LogP contribution in [-0.4, -0.2) is 34.4 Å². The topological polar surface area (TPSA) is 127 Å². The zero-order valence-corrected chi connectivity index (χ0v) is 13.5. The average Bonchev–Trinajstić information content (AvgIpc) is 2.50. The van der Waals surface area contributed by atoms with E-state index in [4.69, 9.17) is 5.11 Å². The molecule has 8 heteroatoms. The molecule has 0 heterocycles. The van der Waals surface area contributed by atoms with Gasteiger partial charge in [-0.2, -0.15) is 5.26 Å².